The van der Waals surface area contributed by atoms with E-state index in [0.29, 0.717) is 19.3 Å². The summed E-state index contributed by atoms with van der Waals surface area (Å²) in [5.74, 6) is -0.965. The number of esters is 3. The lowest BCUT2D eigenvalue weighted by Crippen LogP contribution is -2.30. The molecule has 0 radical (unpaired) electrons. The predicted octanol–water partition coefficient (Wildman–Crippen LogP) is 22.3. The topological polar surface area (TPSA) is 78.9 Å². The first kappa shape index (κ1) is 74.3. The van der Waals surface area contributed by atoms with Gasteiger partial charge in [0.15, 0.2) is 6.10 Å². The van der Waals surface area contributed by atoms with Crippen LogP contribution in [0.5, 0.6) is 0 Å². The number of rotatable bonds is 57. The maximum atomic E-state index is 12.9. The van der Waals surface area contributed by atoms with Crippen molar-refractivity contribution < 1.29 is 28.6 Å². The molecule has 0 saturated carbocycles. The van der Waals surface area contributed by atoms with Gasteiger partial charge in [-0.2, -0.15) is 0 Å². The van der Waals surface area contributed by atoms with E-state index in [2.05, 4.69) is 167 Å². The molecule has 1 unspecified atom stereocenters. The maximum absolute atomic E-state index is 12.9. The van der Waals surface area contributed by atoms with Gasteiger partial charge in [-0.25, -0.2) is 0 Å². The molecule has 0 aromatic heterocycles. The Kier molecular flexibility index (Phi) is 61.9. The van der Waals surface area contributed by atoms with E-state index in [9.17, 15) is 14.4 Å². The number of allylic oxidation sites excluding steroid dienone is 24. The summed E-state index contributed by atoms with van der Waals surface area (Å²) in [6, 6.07) is 0. The molecule has 0 aliphatic heterocycles. The molecule has 79 heavy (non-hydrogen) atoms. The van der Waals surface area contributed by atoms with Crippen LogP contribution in [-0.4, -0.2) is 37.2 Å². The zero-order valence-electron chi connectivity index (χ0n) is 51.1. The highest BCUT2D eigenvalue weighted by atomic mass is 16.6. The van der Waals surface area contributed by atoms with Crippen molar-refractivity contribution in [3.63, 3.8) is 0 Å². The van der Waals surface area contributed by atoms with E-state index in [0.717, 1.165) is 122 Å². The number of carbonyl (C=O) groups is 3. The number of carbonyl (C=O) groups excluding carboxylic acids is 3. The molecule has 0 bridgehead atoms. The molecule has 1 atom stereocenters. The van der Waals surface area contributed by atoms with E-state index in [1.54, 1.807) is 0 Å². The highest BCUT2D eigenvalue weighted by Gasteiger charge is 2.19. The van der Waals surface area contributed by atoms with Crippen LogP contribution in [0.3, 0.4) is 0 Å². The highest BCUT2D eigenvalue weighted by molar-refractivity contribution is 5.71. The number of ether oxygens (including phenoxy) is 3. The van der Waals surface area contributed by atoms with Gasteiger partial charge in [0.25, 0.3) is 0 Å². The first-order valence-electron chi connectivity index (χ1n) is 32.3. The Bertz CT molecular complexity index is 1730. The molecule has 6 heteroatoms. The summed E-state index contributed by atoms with van der Waals surface area (Å²) >= 11 is 0. The molecular formula is C73H118O6. The van der Waals surface area contributed by atoms with Gasteiger partial charge in [0.05, 0.1) is 0 Å². The number of hydrogen-bond donors (Lipinski definition) is 0. The zero-order valence-corrected chi connectivity index (χ0v) is 51.1. The fourth-order valence-corrected chi connectivity index (χ4v) is 8.58. The third kappa shape index (κ3) is 64.0. The van der Waals surface area contributed by atoms with E-state index in [-0.39, 0.29) is 37.5 Å². The van der Waals surface area contributed by atoms with Crippen LogP contribution in [0.4, 0.5) is 0 Å². The standard InChI is InChI=1S/C73H118O6/c1-4-7-10-13-16-19-22-24-26-28-29-30-31-32-33-34-35-36-37-38-39-40-41-42-43-45-46-48-51-54-57-60-63-66-72(75)78-69-70(68-77-71(74)65-62-59-56-53-50-21-18-15-12-9-6-3)79-73(76)67-64-61-58-55-52-49-47-44-27-25-23-20-17-14-11-8-5-2/h7-8,10-11,16-17,19-20,24-27,29-30,32-33,35-36,38-39,47,49,55,58,70H,4-6,9,12-15,18,21-23,28,31,34,37,40-46,48,50-54,56-57,59-69H2,1-3H3/b10-7-,11-8-,19-16-,20-17-,26-24-,27-25-,30-29-,33-32-,36-35-,39-38-,49-47-,58-55-. The van der Waals surface area contributed by atoms with Crippen LogP contribution in [0.15, 0.2) is 146 Å². The summed E-state index contributed by atoms with van der Waals surface area (Å²) in [6.45, 7) is 6.36. The molecule has 6 nitrogen and oxygen atoms in total. The molecule has 0 spiro atoms. The molecule has 0 fully saturated rings. The van der Waals surface area contributed by atoms with Crippen molar-refractivity contribution >= 4 is 17.9 Å². The van der Waals surface area contributed by atoms with Crippen LogP contribution in [-0.2, 0) is 28.6 Å². The van der Waals surface area contributed by atoms with E-state index in [4.69, 9.17) is 14.2 Å². The molecule has 0 N–H and O–H groups in total. The fraction of sp³-hybridized carbons (Fsp3) is 0.630. The molecule has 0 saturated heterocycles. The highest BCUT2D eigenvalue weighted by Crippen LogP contribution is 2.15. The smallest absolute Gasteiger partial charge is 0.306 e. The average molecular weight is 1090 g/mol. The molecule has 0 aliphatic rings. The van der Waals surface area contributed by atoms with Gasteiger partial charge in [0.2, 0.25) is 0 Å². The zero-order chi connectivity index (χ0) is 57.1. The third-order valence-electron chi connectivity index (χ3n) is 13.3. The van der Waals surface area contributed by atoms with Crippen molar-refractivity contribution in [3.05, 3.63) is 146 Å². The Hall–Kier alpha value is -4.71. The number of unbranched alkanes of at least 4 members (excludes halogenated alkanes) is 22. The van der Waals surface area contributed by atoms with E-state index >= 15 is 0 Å². The second-order valence-corrected chi connectivity index (χ2v) is 20.9. The van der Waals surface area contributed by atoms with Crippen molar-refractivity contribution in [2.75, 3.05) is 13.2 Å². The summed E-state index contributed by atoms with van der Waals surface area (Å²) in [5, 5.41) is 0. The van der Waals surface area contributed by atoms with E-state index < -0.39 is 6.10 Å². The lowest BCUT2D eigenvalue weighted by Gasteiger charge is -2.18. The summed E-state index contributed by atoms with van der Waals surface area (Å²) in [6.07, 6.45) is 94.4. The first-order valence-corrected chi connectivity index (χ1v) is 32.3. The maximum Gasteiger partial charge on any atom is 0.306 e. The molecule has 0 aromatic rings. The minimum atomic E-state index is -0.812. The molecule has 0 heterocycles. The van der Waals surface area contributed by atoms with Gasteiger partial charge in [-0.3, -0.25) is 14.4 Å². The minimum absolute atomic E-state index is 0.103. The second kappa shape index (κ2) is 65.8. The Balaban J connectivity index is 4.27. The van der Waals surface area contributed by atoms with Gasteiger partial charge in [-0.1, -0.05) is 289 Å². The minimum Gasteiger partial charge on any atom is -0.462 e. The summed E-state index contributed by atoms with van der Waals surface area (Å²) < 4.78 is 16.8. The summed E-state index contributed by atoms with van der Waals surface area (Å²) in [5.41, 5.74) is 0. The summed E-state index contributed by atoms with van der Waals surface area (Å²) in [4.78, 5) is 38.2. The Morgan fingerprint density at radius 2 is 0.506 bits per heavy atom. The van der Waals surface area contributed by atoms with Crippen LogP contribution >= 0.6 is 0 Å². The largest absolute Gasteiger partial charge is 0.462 e. The fourth-order valence-electron chi connectivity index (χ4n) is 8.58. The van der Waals surface area contributed by atoms with Crippen molar-refractivity contribution in [1.82, 2.24) is 0 Å². The molecule has 0 amide bonds. The molecule has 0 aliphatic carbocycles. The Morgan fingerprint density at radius 1 is 0.266 bits per heavy atom. The lowest BCUT2D eigenvalue weighted by atomic mass is 10.0. The van der Waals surface area contributed by atoms with Gasteiger partial charge in [-0.05, 0) is 116 Å². The Labute approximate surface area is 487 Å². The van der Waals surface area contributed by atoms with Crippen LogP contribution < -0.4 is 0 Å². The molecule has 0 aromatic carbocycles. The average Bonchev–Trinajstić information content (AvgIpc) is 3.45. The van der Waals surface area contributed by atoms with Gasteiger partial charge < -0.3 is 14.2 Å². The third-order valence-corrected chi connectivity index (χ3v) is 13.3. The first-order chi connectivity index (χ1) is 39.0. The van der Waals surface area contributed by atoms with Crippen molar-refractivity contribution in [3.8, 4) is 0 Å². The van der Waals surface area contributed by atoms with Crippen molar-refractivity contribution in [1.29, 1.82) is 0 Å². The predicted molar refractivity (Wildman–Crippen MR) is 343 cm³/mol. The van der Waals surface area contributed by atoms with Gasteiger partial charge in [-0.15, -0.1) is 0 Å². The van der Waals surface area contributed by atoms with Gasteiger partial charge >= 0.3 is 17.9 Å². The molecule has 0 rings (SSSR count). The van der Waals surface area contributed by atoms with Gasteiger partial charge in [0, 0.05) is 19.3 Å². The van der Waals surface area contributed by atoms with Crippen molar-refractivity contribution in [2.45, 2.75) is 284 Å². The second-order valence-electron chi connectivity index (χ2n) is 20.9. The van der Waals surface area contributed by atoms with Crippen LogP contribution in [0, 0.1) is 0 Å². The normalized spacial score (nSPS) is 13.1. The van der Waals surface area contributed by atoms with Gasteiger partial charge in [0.1, 0.15) is 13.2 Å². The Morgan fingerprint density at radius 3 is 0.810 bits per heavy atom. The van der Waals surface area contributed by atoms with Crippen molar-refractivity contribution in [2.24, 2.45) is 0 Å². The van der Waals surface area contributed by atoms with Crippen LogP contribution in [0.2, 0.25) is 0 Å². The quantitative estimate of drug-likeness (QED) is 0.0261. The number of hydrogen-bond acceptors (Lipinski definition) is 6. The monoisotopic (exact) mass is 1090 g/mol. The lowest BCUT2D eigenvalue weighted by molar-refractivity contribution is -0.167. The van der Waals surface area contributed by atoms with Crippen LogP contribution in [0.1, 0.15) is 278 Å². The van der Waals surface area contributed by atoms with E-state index in [1.165, 1.54) is 109 Å². The SMILES string of the molecule is CC/C=C\C/C=C\C/C=C\C/C=C\C/C=C\C/C=C\C/C=C\CCCCCCCCCCCCCC(=O)OCC(COC(=O)CCCCCCCCCCCCC)OC(=O)CCC/C=C\C/C=C\C/C=C\C/C=C\C/C=C\CC. The van der Waals surface area contributed by atoms with Crippen LogP contribution in [0.25, 0.3) is 0 Å². The van der Waals surface area contributed by atoms with E-state index in [1.807, 2.05) is 0 Å². The summed E-state index contributed by atoms with van der Waals surface area (Å²) in [7, 11) is 0. The molecule has 446 valence electrons. The molecular weight excluding hydrogens is 973 g/mol.